The summed E-state index contributed by atoms with van der Waals surface area (Å²) in [5, 5.41) is 4.65. The van der Waals surface area contributed by atoms with Crippen LogP contribution < -0.4 is 0 Å². The van der Waals surface area contributed by atoms with E-state index in [-0.39, 0.29) is 0 Å². The van der Waals surface area contributed by atoms with E-state index in [1.807, 2.05) is 22.9 Å². The second-order valence-electron chi connectivity index (χ2n) is 4.15. The van der Waals surface area contributed by atoms with Gasteiger partial charge in [0.2, 0.25) is 0 Å². The van der Waals surface area contributed by atoms with Crippen LogP contribution in [0, 0.1) is 6.92 Å². The van der Waals surface area contributed by atoms with Crippen molar-refractivity contribution in [1.82, 2.24) is 9.78 Å². The third-order valence-corrected chi connectivity index (χ3v) is 3.56. The molecule has 0 saturated heterocycles. The maximum Gasteiger partial charge on any atom is 0.107 e. The van der Waals surface area contributed by atoms with Gasteiger partial charge in [-0.15, -0.1) is 0 Å². The van der Waals surface area contributed by atoms with Crippen LogP contribution in [0.25, 0.3) is 11.3 Å². The monoisotopic (exact) mass is 278 g/mol. The quantitative estimate of drug-likeness (QED) is 0.805. The van der Waals surface area contributed by atoms with Gasteiger partial charge in [0.05, 0.1) is 10.2 Å². The first-order valence-corrected chi connectivity index (χ1v) is 6.20. The summed E-state index contributed by atoms with van der Waals surface area (Å²) in [6, 6.07) is 10.6. The Bertz CT molecular complexity index is 486. The summed E-state index contributed by atoms with van der Waals surface area (Å²) in [7, 11) is 0. The van der Waals surface area contributed by atoms with E-state index in [1.54, 1.807) is 0 Å². The molecule has 3 heteroatoms. The summed E-state index contributed by atoms with van der Waals surface area (Å²) in [6.45, 7) is 6.37. The van der Waals surface area contributed by atoms with E-state index in [0.717, 1.165) is 15.7 Å². The van der Waals surface area contributed by atoms with Crippen LogP contribution in [0.2, 0.25) is 0 Å². The molecule has 0 radical (unpaired) electrons. The van der Waals surface area contributed by atoms with Crippen LogP contribution in [0.5, 0.6) is 0 Å². The number of nitrogens with zero attached hydrogens (tertiary/aromatic N) is 2. The zero-order valence-electron chi connectivity index (χ0n) is 9.74. The van der Waals surface area contributed by atoms with E-state index in [1.165, 1.54) is 5.69 Å². The molecular weight excluding hydrogens is 264 g/mol. The van der Waals surface area contributed by atoms with Crippen LogP contribution in [-0.2, 0) is 0 Å². The smallest absolute Gasteiger partial charge is 0.107 e. The molecule has 1 heterocycles. The van der Waals surface area contributed by atoms with Gasteiger partial charge in [-0.1, -0.05) is 30.3 Å². The van der Waals surface area contributed by atoms with Crippen molar-refractivity contribution in [3.8, 4) is 11.3 Å². The SMILES string of the molecule is Cc1c(Br)c(-c2ccccc2)nn1C(C)C. The van der Waals surface area contributed by atoms with Crippen molar-refractivity contribution >= 4 is 15.9 Å². The Balaban J connectivity index is 2.55. The third-order valence-electron chi connectivity index (χ3n) is 2.61. The molecule has 2 aromatic rings. The lowest BCUT2D eigenvalue weighted by molar-refractivity contribution is 0.520. The Labute approximate surface area is 104 Å². The summed E-state index contributed by atoms with van der Waals surface area (Å²) in [4.78, 5) is 0. The van der Waals surface area contributed by atoms with E-state index in [2.05, 4.69) is 53.9 Å². The molecule has 84 valence electrons. The number of rotatable bonds is 2. The van der Waals surface area contributed by atoms with Gasteiger partial charge in [-0.2, -0.15) is 5.10 Å². The van der Waals surface area contributed by atoms with Crippen LogP contribution in [-0.4, -0.2) is 9.78 Å². The summed E-state index contributed by atoms with van der Waals surface area (Å²) in [5.41, 5.74) is 3.34. The van der Waals surface area contributed by atoms with Crippen molar-refractivity contribution in [3.05, 3.63) is 40.5 Å². The van der Waals surface area contributed by atoms with E-state index in [4.69, 9.17) is 0 Å². The molecule has 0 bridgehead atoms. The molecule has 0 aliphatic rings. The fraction of sp³-hybridized carbons (Fsp3) is 0.308. The van der Waals surface area contributed by atoms with Crippen LogP contribution in [0.1, 0.15) is 25.6 Å². The largest absolute Gasteiger partial charge is 0.266 e. The molecule has 16 heavy (non-hydrogen) atoms. The van der Waals surface area contributed by atoms with Crippen LogP contribution in [0.15, 0.2) is 34.8 Å². The zero-order valence-corrected chi connectivity index (χ0v) is 11.3. The minimum absolute atomic E-state index is 0.383. The lowest BCUT2D eigenvalue weighted by Gasteiger charge is -2.07. The Morgan fingerprint density at radius 2 is 1.81 bits per heavy atom. The Hall–Kier alpha value is -1.09. The van der Waals surface area contributed by atoms with Crippen molar-refractivity contribution in [2.24, 2.45) is 0 Å². The van der Waals surface area contributed by atoms with Crippen LogP contribution in [0.4, 0.5) is 0 Å². The van der Waals surface area contributed by atoms with Gasteiger partial charge in [0, 0.05) is 11.6 Å². The van der Waals surface area contributed by atoms with Crippen molar-refractivity contribution in [2.75, 3.05) is 0 Å². The topological polar surface area (TPSA) is 17.8 Å². The predicted octanol–water partition coefficient (Wildman–Crippen LogP) is 4.20. The van der Waals surface area contributed by atoms with E-state index >= 15 is 0 Å². The second kappa shape index (κ2) is 4.42. The molecule has 2 nitrogen and oxygen atoms in total. The molecule has 0 unspecified atom stereocenters. The Morgan fingerprint density at radius 3 is 2.31 bits per heavy atom. The van der Waals surface area contributed by atoms with Crippen LogP contribution >= 0.6 is 15.9 Å². The molecular formula is C13H15BrN2. The Kier molecular flexibility index (Phi) is 3.15. The minimum Gasteiger partial charge on any atom is -0.266 e. The molecule has 1 aromatic heterocycles. The lowest BCUT2D eigenvalue weighted by atomic mass is 10.1. The first-order chi connectivity index (χ1) is 7.61. The molecule has 1 aromatic carbocycles. The molecule has 0 amide bonds. The van der Waals surface area contributed by atoms with Crippen molar-refractivity contribution < 1.29 is 0 Å². The summed E-state index contributed by atoms with van der Waals surface area (Å²) >= 11 is 3.62. The van der Waals surface area contributed by atoms with Crippen molar-refractivity contribution in [2.45, 2.75) is 26.8 Å². The highest BCUT2D eigenvalue weighted by molar-refractivity contribution is 9.10. The maximum absolute atomic E-state index is 4.65. The first kappa shape index (κ1) is 11.4. The maximum atomic E-state index is 4.65. The highest BCUT2D eigenvalue weighted by Gasteiger charge is 2.14. The van der Waals surface area contributed by atoms with Gasteiger partial charge in [0.15, 0.2) is 0 Å². The zero-order chi connectivity index (χ0) is 11.7. The van der Waals surface area contributed by atoms with E-state index in [9.17, 15) is 0 Å². The van der Waals surface area contributed by atoms with E-state index < -0.39 is 0 Å². The van der Waals surface area contributed by atoms with Gasteiger partial charge in [0.1, 0.15) is 5.69 Å². The summed E-state index contributed by atoms with van der Waals surface area (Å²) in [6.07, 6.45) is 0. The van der Waals surface area contributed by atoms with Gasteiger partial charge in [-0.05, 0) is 36.7 Å². The molecule has 0 N–H and O–H groups in total. The third kappa shape index (κ3) is 1.92. The number of aromatic nitrogens is 2. The number of benzene rings is 1. The number of hydrogen-bond donors (Lipinski definition) is 0. The number of hydrogen-bond acceptors (Lipinski definition) is 1. The fourth-order valence-corrected chi connectivity index (χ4v) is 2.27. The summed E-state index contributed by atoms with van der Waals surface area (Å²) < 4.78 is 3.14. The molecule has 0 aliphatic heterocycles. The Morgan fingerprint density at radius 1 is 1.19 bits per heavy atom. The molecule has 0 aliphatic carbocycles. The van der Waals surface area contributed by atoms with Gasteiger partial charge in [-0.25, -0.2) is 0 Å². The van der Waals surface area contributed by atoms with Gasteiger partial charge < -0.3 is 0 Å². The normalized spacial score (nSPS) is 11.1. The molecule has 0 spiro atoms. The predicted molar refractivity (Wildman–Crippen MR) is 70.5 cm³/mol. The number of halogens is 1. The molecule has 2 rings (SSSR count). The average molecular weight is 279 g/mol. The standard InChI is InChI=1S/C13H15BrN2/c1-9(2)16-10(3)12(14)13(15-16)11-7-5-4-6-8-11/h4-9H,1-3H3. The molecule has 0 saturated carbocycles. The summed E-state index contributed by atoms with van der Waals surface area (Å²) in [5.74, 6) is 0. The van der Waals surface area contributed by atoms with E-state index in [0.29, 0.717) is 6.04 Å². The van der Waals surface area contributed by atoms with Crippen LogP contribution in [0.3, 0.4) is 0 Å². The second-order valence-corrected chi connectivity index (χ2v) is 4.95. The first-order valence-electron chi connectivity index (χ1n) is 5.41. The van der Waals surface area contributed by atoms with Gasteiger partial charge in [-0.3, -0.25) is 4.68 Å². The highest BCUT2D eigenvalue weighted by Crippen LogP contribution is 2.31. The minimum atomic E-state index is 0.383. The highest BCUT2D eigenvalue weighted by atomic mass is 79.9. The average Bonchev–Trinajstić information content (AvgIpc) is 2.58. The van der Waals surface area contributed by atoms with Gasteiger partial charge >= 0.3 is 0 Å². The molecule has 0 atom stereocenters. The van der Waals surface area contributed by atoms with Crippen molar-refractivity contribution in [3.63, 3.8) is 0 Å². The fourth-order valence-electron chi connectivity index (χ4n) is 1.78. The van der Waals surface area contributed by atoms with Crippen molar-refractivity contribution in [1.29, 1.82) is 0 Å². The molecule has 0 fully saturated rings. The lowest BCUT2D eigenvalue weighted by Crippen LogP contribution is -2.04. The van der Waals surface area contributed by atoms with Gasteiger partial charge in [0.25, 0.3) is 0 Å².